The molecule has 0 heterocycles. The molecule has 0 bridgehead atoms. The van der Waals surface area contributed by atoms with Crippen LogP contribution in [0.3, 0.4) is 0 Å². The molecule has 0 aromatic carbocycles. The molecule has 0 aliphatic rings. The smallest absolute Gasteiger partial charge is 0.0946 e. The van der Waals surface area contributed by atoms with Gasteiger partial charge in [0.25, 0.3) is 0 Å². The lowest BCUT2D eigenvalue weighted by Gasteiger charge is -1.94. The maximum Gasteiger partial charge on any atom is 0.0946 e. The minimum absolute atomic E-state index is 0.0617. The van der Waals surface area contributed by atoms with Gasteiger partial charge in [0.05, 0.1) is 6.61 Å². The summed E-state index contributed by atoms with van der Waals surface area (Å²) in [6, 6.07) is 0. The normalized spacial score (nSPS) is 14.5. The molecule has 37 valence electrons. The van der Waals surface area contributed by atoms with Gasteiger partial charge in [0.2, 0.25) is 0 Å². The van der Waals surface area contributed by atoms with Crippen molar-refractivity contribution in [1.82, 2.24) is 0 Å². The van der Waals surface area contributed by atoms with Gasteiger partial charge in [-0.25, -0.2) is 5.11 Å². The van der Waals surface area contributed by atoms with Crippen LogP contribution in [-0.4, -0.2) is 17.6 Å². The van der Waals surface area contributed by atoms with Gasteiger partial charge in [0, 0.05) is 11.0 Å². The number of thiol groups is 2. The second-order valence-electron chi connectivity index (χ2n) is 1.00. The predicted molar refractivity (Wildman–Crippen MR) is 32.2 cm³/mol. The van der Waals surface area contributed by atoms with E-state index < -0.39 is 0 Å². The van der Waals surface area contributed by atoms with Crippen molar-refractivity contribution < 1.29 is 5.11 Å². The quantitative estimate of drug-likeness (QED) is 0.503. The summed E-state index contributed by atoms with van der Waals surface area (Å²) in [5.74, 6) is 0.576. The van der Waals surface area contributed by atoms with Crippen LogP contribution in [0.1, 0.15) is 0 Å². The SMILES string of the molecule is [O]CC(S)CS. The van der Waals surface area contributed by atoms with Crippen LogP contribution < -0.4 is 0 Å². The average molecular weight is 123 g/mol. The van der Waals surface area contributed by atoms with Crippen molar-refractivity contribution in [2.45, 2.75) is 5.25 Å². The van der Waals surface area contributed by atoms with Crippen molar-refractivity contribution >= 4 is 25.3 Å². The highest BCUT2D eigenvalue weighted by Gasteiger charge is 1.93. The second kappa shape index (κ2) is 3.84. The first kappa shape index (κ1) is 6.66. The summed E-state index contributed by atoms with van der Waals surface area (Å²) >= 11 is 7.66. The molecule has 0 aliphatic heterocycles. The fourth-order valence-electron chi connectivity index (χ4n) is 0.0527. The summed E-state index contributed by atoms with van der Waals surface area (Å²) in [7, 11) is 0. The van der Waals surface area contributed by atoms with Gasteiger partial charge in [-0.15, -0.1) is 0 Å². The maximum atomic E-state index is 9.74. The van der Waals surface area contributed by atoms with Gasteiger partial charge in [0.1, 0.15) is 0 Å². The van der Waals surface area contributed by atoms with Crippen molar-refractivity contribution in [1.29, 1.82) is 0 Å². The third-order valence-corrected chi connectivity index (χ3v) is 1.46. The van der Waals surface area contributed by atoms with Crippen LogP contribution >= 0.6 is 25.3 Å². The van der Waals surface area contributed by atoms with Crippen molar-refractivity contribution in [3.8, 4) is 0 Å². The van der Waals surface area contributed by atoms with Crippen LogP contribution in [-0.2, 0) is 5.11 Å². The highest BCUT2D eigenvalue weighted by molar-refractivity contribution is 7.84. The summed E-state index contributed by atoms with van der Waals surface area (Å²) in [5, 5.41) is 9.67. The Morgan fingerprint density at radius 1 is 1.67 bits per heavy atom. The molecule has 3 heteroatoms. The van der Waals surface area contributed by atoms with Crippen LogP contribution in [0.5, 0.6) is 0 Å². The van der Waals surface area contributed by atoms with E-state index in [1.807, 2.05) is 0 Å². The topological polar surface area (TPSA) is 19.9 Å². The molecule has 0 amide bonds. The summed E-state index contributed by atoms with van der Waals surface area (Å²) in [5.41, 5.74) is 0. The highest BCUT2D eigenvalue weighted by atomic mass is 32.1. The predicted octanol–water partition coefficient (Wildman–Crippen LogP) is 0.645. The molecule has 1 unspecified atom stereocenters. The maximum absolute atomic E-state index is 9.74. The lowest BCUT2D eigenvalue weighted by molar-refractivity contribution is 0.199. The third-order valence-electron chi connectivity index (χ3n) is 0.403. The lowest BCUT2D eigenvalue weighted by Crippen LogP contribution is -2.03. The Bertz CT molecular complexity index is 28.0. The number of rotatable bonds is 2. The first-order valence-electron chi connectivity index (χ1n) is 1.68. The summed E-state index contributed by atoms with van der Waals surface area (Å²) in [4.78, 5) is 0. The van der Waals surface area contributed by atoms with Crippen molar-refractivity contribution in [3.05, 3.63) is 0 Å². The van der Waals surface area contributed by atoms with Crippen molar-refractivity contribution in [3.63, 3.8) is 0 Å². The largest absolute Gasteiger partial charge is 0.236 e. The molecule has 6 heavy (non-hydrogen) atoms. The van der Waals surface area contributed by atoms with Gasteiger partial charge in [0.15, 0.2) is 0 Å². The molecule has 0 spiro atoms. The fourth-order valence-corrected chi connectivity index (χ4v) is 0.158. The molecule has 1 nitrogen and oxygen atoms in total. The third kappa shape index (κ3) is 2.87. The Balaban J connectivity index is 2.75. The van der Waals surface area contributed by atoms with Crippen LogP contribution in [0.2, 0.25) is 0 Å². The standard InChI is InChI=1S/C3H7OS2/c4-1-3(6)2-5/h3,5-6H,1-2H2. The molecule has 0 saturated carbocycles. The van der Waals surface area contributed by atoms with Crippen LogP contribution in [0.4, 0.5) is 0 Å². The molecule has 0 aromatic rings. The molecule has 0 N–H and O–H groups in total. The van der Waals surface area contributed by atoms with Crippen molar-refractivity contribution in [2.24, 2.45) is 0 Å². The Kier molecular flexibility index (Phi) is 4.26. The first-order valence-corrected chi connectivity index (χ1v) is 2.83. The van der Waals surface area contributed by atoms with Gasteiger partial charge in [-0.3, -0.25) is 0 Å². The zero-order valence-corrected chi connectivity index (χ0v) is 5.08. The zero-order chi connectivity index (χ0) is 4.99. The van der Waals surface area contributed by atoms with Gasteiger partial charge in [-0.2, -0.15) is 25.3 Å². The van der Waals surface area contributed by atoms with Gasteiger partial charge < -0.3 is 0 Å². The van der Waals surface area contributed by atoms with E-state index in [0.717, 1.165) is 0 Å². The second-order valence-corrected chi connectivity index (χ2v) is 2.10. The minimum Gasteiger partial charge on any atom is -0.236 e. The molecule has 0 rings (SSSR count). The van der Waals surface area contributed by atoms with Crippen LogP contribution in [0.15, 0.2) is 0 Å². The molecule has 1 radical (unpaired) electrons. The van der Waals surface area contributed by atoms with Crippen molar-refractivity contribution in [2.75, 3.05) is 12.4 Å². The minimum atomic E-state index is -0.132. The molecule has 1 atom stereocenters. The number of hydrogen-bond donors (Lipinski definition) is 2. The Labute approximate surface area is 48.6 Å². The van der Waals surface area contributed by atoms with E-state index in [9.17, 15) is 5.11 Å². The summed E-state index contributed by atoms with van der Waals surface area (Å²) in [6.07, 6.45) is 0. The van der Waals surface area contributed by atoms with Gasteiger partial charge >= 0.3 is 0 Å². The van der Waals surface area contributed by atoms with E-state index in [4.69, 9.17) is 0 Å². The molecule has 0 aliphatic carbocycles. The van der Waals surface area contributed by atoms with E-state index in [0.29, 0.717) is 5.75 Å². The molecular weight excluding hydrogens is 116 g/mol. The lowest BCUT2D eigenvalue weighted by atomic mass is 10.5. The highest BCUT2D eigenvalue weighted by Crippen LogP contribution is 1.93. The summed E-state index contributed by atoms with van der Waals surface area (Å²) in [6.45, 7) is -0.132. The Morgan fingerprint density at radius 3 is 2.17 bits per heavy atom. The summed E-state index contributed by atoms with van der Waals surface area (Å²) < 4.78 is 0. The van der Waals surface area contributed by atoms with E-state index in [1.54, 1.807) is 0 Å². The molecular formula is C3H7OS2. The van der Waals surface area contributed by atoms with Crippen LogP contribution in [0.25, 0.3) is 0 Å². The Hall–Kier alpha value is 0.660. The molecule has 0 fully saturated rings. The van der Waals surface area contributed by atoms with E-state index in [1.165, 1.54) is 0 Å². The van der Waals surface area contributed by atoms with Crippen LogP contribution in [0, 0.1) is 0 Å². The monoisotopic (exact) mass is 123 g/mol. The number of hydrogen-bond acceptors (Lipinski definition) is 2. The van der Waals surface area contributed by atoms with Gasteiger partial charge in [-0.1, -0.05) is 0 Å². The van der Waals surface area contributed by atoms with E-state index >= 15 is 0 Å². The van der Waals surface area contributed by atoms with E-state index in [2.05, 4.69) is 25.3 Å². The van der Waals surface area contributed by atoms with Gasteiger partial charge in [-0.05, 0) is 0 Å². The van der Waals surface area contributed by atoms with E-state index in [-0.39, 0.29) is 11.9 Å². The Morgan fingerprint density at radius 2 is 2.17 bits per heavy atom. The zero-order valence-electron chi connectivity index (χ0n) is 3.29. The first-order chi connectivity index (χ1) is 2.81. The fraction of sp³-hybridized carbons (Fsp3) is 1.00. The average Bonchev–Trinajstić information content (AvgIpc) is 1.65. The molecule has 0 saturated heterocycles. The molecule has 0 aromatic heterocycles.